The lowest BCUT2D eigenvalue weighted by atomic mass is 10.1. The number of rotatable bonds is 5. The van der Waals surface area contributed by atoms with E-state index in [-0.39, 0.29) is 6.61 Å². The van der Waals surface area contributed by atoms with Crippen molar-refractivity contribution < 1.29 is 19.7 Å². The van der Waals surface area contributed by atoms with Gasteiger partial charge in [0.2, 0.25) is 0 Å². The highest BCUT2D eigenvalue weighted by atomic mass is 16.5. The molecule has 0 amide bonds. The molecule has 98 valence electrons. The fraction of sp³-hybridized carbons (Fsp3) is 0.429. The Morgan fingerprint density at radius 1 is 1.28 bits per heavy atom. The summed E-state index contributed by atoms with van der Waals surface area (Å²) in [4.78, 5) is 0. The molecule has 0 saturated heterocycles. The van der Waals surface area contributed by atoms with Crippen LogP contribution in [-0.2, 0) is 11.3 Å². The third-order valence-corrected chi connectivity index (χ3v) is 2.27. The number of hydrogen-bond acceptors (Lipinski definition) is 4. The number of methoxy groups -OCH3 is 1. The van der Waals surface area contributed by atoms with Crippen LogP contribution in [0.3, 0.4) is 0 Å². The van der Waals surface area contributed by atoms with Crippen LogP contribution in [0.2, 0.25) is 0 Å². The van der Waals surface area contributed by atoms with E-state index in [0.29, 0.717) is 6.61 Å². The van der Waals surface area contributed by atoms with Gasteiger partial charge in [0.25, 0.3) is 0 Å². The predicted octanol–water partition coefficient (Wildman–Crippen LogP) is 0.958. The van der Waals surface area contributed by atoms with Crippen molar-refractivity contribution in [3.8, 4) is 17.6 Å². The van der Waals surface area contributed by atoms with Gasteiger partial charge in [-0.15, -0.1) is 0 Å². The first-order valence-electron chi connectivity index (χ1n) is 5.61. The third kappa shape index (κ3) is 5.19. The first-order chi connectivity index (χ1) is 8.57. The van der Waals surface area contributed by atoms with Crippen molar-refractivity contribution in [1.82, 2.24) is 0 Å². The molecule has 0 radical (unpaired) electrons. The number of aliphatic hydroxyl groups excluding tert-OH is 1. The van der Waals surface area contributed by atoms with Crippen molar-refractivity contribution in [2.24, 2.45) is 0 Å². The maximum absolute atomic E-state index is 9.40. The van der Waals surface area contributed by atoms with Gasteiger partial charge in [-0.2, -0.15) is 0 Å². The molecule has 0 aliphatic rings. The first-order valence-corrected chi connectivity index (χ1v) is 5.61. The van der Waals surface area contributed by atoms with Crippen LogP contribution in [0.5, 0.6) is 5.75 Å². The normalized spacial score (nSPS) is 13.3. The maximum atomic E-state index is 9.40. The summed E-state index contributed by atoms with van der Waals surface area (Å²) in [6, 6.07) is 7.55. The molecule has 0 aliphatic heterocycles. The van der Waals surface area contributed by atoms with Crippen molar-refractivity contribution in [2.75, 3.05) is 20.3 Å². The average Bonchev–Trinajstić information content (AvgIpc) is 2.39. The fourth-order valence-corrected chi connectivity index (χ4v) is 1.21. The minimum absolute atomic E-state index is 0.210. The van der Waals surface area contributed by atoms with Crippen molar-refractivity contribution in [2.45, 2.75) is 19.1 Å². The molecule has 0 bridgehead atoms. The van der Waals surface area contributed by atoms with Crippen molar-refractivity contribution in [1.29, 1.82) is 0 Å². The SMILES string of the molecule is COc1ccc(COCC#CC(C)(O)CO)cc1. The van der Waals surface area contributed by atoms with Crippen LogP contribution in [0.25, 0.3) is 0 Å². The van der Waals surface area contributed by atoms with E-state index in [9.17, 15) is 5.11 Å². The highest BCUT2D eigenvalue weighted by Crippen LogP contribution is 2.11. The van der Waals surface area contributed by atoms with Crippen LogP contribution in [0, 0.1) is 11.8 Å². The van der Waals surface area contributed by atoms with Gasteiger partial charge in [-0.25, -0.2) is 0 Å². The lowest BCUT2D eigenvalue weighted by molar-refractivity contribution is 0.0514. The summed E-state index contributed by atoms with van der Waals surface area (Å²) in [5, 5.41) is 18.2. The van der Waals surface area contributed by atoms with Crippen LogP contribution in [0.4, 0.5) is 0 Å². The fourth-order valence-electron chi connectivity index (χ4n) is 1.21. The second-order valence-corrected chi connectivity index (χ2v) is 4.07. The van der Waals surface area contributed by atoms with Crippen LogP contribution >= 0.6 is 0 Å². The number of hydrogen-bond donors (Lipinski definition) is 2. The van der Waals surface area contributed by atoms with Gasteiger partial charge in [-0.05, 0) is 24.6 Å². The van der Waals surface area contributed by atoms with E-state index in [0.717, 1.165) is 11.3 Å². The highest BCUT2D eigenvalue weighted by Gasteiger charge is 2.13. The molecular formula is C14H18O4. The zero-order valence-corrected chi connectivity index (χ0v) is 10.6. The summed E-state index contributed by atoms with van der Waals surface area (Å²) in [6.45, 7) is 1.71. The van der Waals surface area contributed by atoms with E-state index >= 15 is 0 Å². The highest BCUT2D eigenvalue weighted by molar-refractivity contribution is 5.26. The van der Waals surface area contributed by atoms with Gasteiger partial charge in [-0.1, -0.05) is 24.0 Å². The Labute approximate surface area is 107 Å². The van der Waals surface area contributed by atoms with Crippen LogP contribution < -0.4 is 4.74 Å². The summed E-state index contributed by atoms with van der Waals surface area (Å²) >= 11 is 0. The van der Waals surface area contributed by atoms with E-state index in [2.05, 4.69) is 11.8 Å². The molecule has 4 heteroatoms. The lowest BCUT2D eigenvalue weighted by Gasteiger charge is -2.10. The van der Waals surface area contributed by atoms with E-state index in [4.69, 9.17) is 14.6 Å². The lowest BCUT2D eigenvalue weighted by Crippen LogP contribution is -2.26. The third-order valence-electron chi connectivity index (χ3n) is 2.27. The number of aliphatic hydroxyl groups is 2. The molecule has 1 atom stereocenters. The average molecular weight is 250 g/mol. The molecular weight excluding hydrogens is 232 g/mol. The second-order valence-electron chi connectivity index (χ2n) is 4.07. The van der Waals surface area contributed by atoms with Gasteiger partial charge in [0.1, 0.15) is 18.0 Å². The van der Waals surface area contributed by atoms with Crippen LogP contribution in [-0.4, -0.2) is 36.1 Å². The smallest absolute Gasteiger partial charge is 0.145 e. The molecule has 1 unspecified atom stereocenters. The van der Waals surface area contributed by atoms with Crippen LogP contribution in [0.1, 0.15) is 12.5 Å². The molecule has 0 saturated carbocycles. The van der Waals surface area contributed by atoms with Gasteiger partial charge >= 0.3 is 0 Å². The predicted molar refractivity (Wildman–Crippen MR) is 68.1 cm³/mol. The molecule has 0 spiro atoms. The summed E-state index contributed by atoms with van der Waals surface area (Å²) in [7, 11) is 1.62. The Bertz CT molecular complexity index is 412. The molecule has 1 rings (SSSR count). The molecule has 1 aromatic rings. The zero-order chi connectivity index (χ0) is 13.4. The topological polar surface area (TPSA) is 58.9 Å². The Morgan fingerprint density at radius 2 is 1.94 bits per heavy atom. The van der Waals surface area contributed by atoms with E-state index < -0.39 is 12.2 Å². The monoisotopic (exact) mass is 250 g/mol. The minimum Gasteiger partial charge on any atom is -0.497 e. The number of ether oxygens (including phenoxy) is 2. The summed E-state index contributed by atoms with van der Waals surface area (Å²) < 4.78 is 10.4. The molecule has 0 aromatic heterocycles. The van der Waals surface area contributed by atoms with E-state index in [1.165, 1.54) is 6.92 Å². The van der Waals surface area contributed by atoms with E-state index in [1.807, 2.05) is 24.3 Å². The second kappa shape index (κ2) is 7.02. The first kappa shape index (κ1) is 14.5. The molecule has 0 fully saturated rings. The van der Waals surface area contributed by atoms with Crippen LogP contribution in [0.15, 0.2) is 24.3 Å². The quantitative estimate of drug-likeness (QED) is 0.603. The maximum Gasteiger partial charge on any atom is 0.145 e. The van der Waals surface area contributed by atoms with Gasteiger partial charge in [-0.3, -0.25) is 0 Å². The molecule has 2 N–H and O–H groups in total. The van der Waals surface area contributed by atoms with Crippen molar-refractivity contribution in [3.63, 3.8) is 0 Å². The Balaban J connectivity index is 2.33. The summed E-state index contributed by atoms with van der Waals surface area (Å²) in [6.07, 6.45) is 0. The largest absolute Gasteiger partial charge is 0.497 e. The Kier molecular flexibility index (Phi) is 5.66. The Hall–Kier alpha value is -1.54. The van der Waals surface area contributed by atoms with Gasteiger partial charge < -0.3 is 19.7 Å². The van der Waals surface area contributed by atoms with Gasteiger partial charge in [0.05, 0.1) is 20.3 Å². The zero-order valence-electron chi connectivity index (χ0n) is 10.6. The van der Waals surface area contributed by atoms with Gasteiger partial charge in [0, 0.05) is 0 Å². The molecule has 18 heavy (non-hydrogen) atoms. The Morgan fingerprint density at radius 3 is 2.50 bits per heavy atom. The standard InChI is InChI=1S/C14H18O4/c1-14(16,11-15)8-3-9-18-10-12-4-6-13(17-2)7-5-12/h4-7,15-16H,9-11H2,1-2H3. The molecule has 0 heterocycles. The minimum atomic E-state index is -1.36. The molecule has 4 nitrogen and oxygen atoms in total. The van der Waals surface area contributed by atoms with Crippen molar-refractivity contribution >= 4 is 0 Å². The molecule has 0 aliphatic carbocycles. The summed E-state index contributed by atoms with van der Waals surface area (Å²) in [5.74, 6) is 5.99. The van der Waals surface area contributed by atoms with E-state index in [1.54, 1.807) is 7.11 Å². The van der Waals surface area contributed by atoms with Gasteiger partial charge in [0.15, 0.2) is 0 Å². The molecule has 1 aromatic carbocycles. The summed E-state index contributed by atoms with van der Waals surface area (Å²) in [5.41, 5.74) is -0.338. The number of benzene rings is 1. The van der Waals surface area contributed by atoms with Crippen molar-refractivity contribution in [3.05, 3.63) is 29.8 Å².